The van der Waals surface area contributed by atoms with Crippen molar-refractivity contribution in [2.45, 2.75) is 13.0 Å². The monoisotopic (exact) mass is 281 g/mol. The van der Waals surface area contributed by atoms with Crippen molar-refractivity contribution in [1.82, 2.24) is 0 Å². The molecule has 1 amide bonds. The van der Waals surface area contributed by atoms with Crippen molar-refractivity contribution in [3.8, 4) is 17.6 Å². The molecule has 0 fully saturated rings. The van der Waals surface area contributed by atoms with Crippen LogP contribution < -0.4 is 15.8 Å². The molecule has 2 rings (SSSR count). The first-order valence-electron chi connectivity index (χ1n) is 6.43. The Labute approximate surface area is 123 Å². The van der Waals surface area contributed by atoms with E-state index in [1.54, 1.807) is 55.5 Å². The molecular formula is C16H15N3O2. The molecule has 0 spiro atoms. The lowest BCUT2D eigenvalue weighted by Crippen LogP contribution is -2.32. The van der Waals surface area contributed by atoms with Crippen molar-refractivity contribution in [2.24, 2.45) is 5.73 Å². The summed E-state index contributed by atoms with van der Waals surface area (Å²) < 4.78 is 5.64. The summed E-state index contributed by atoms with van der Waals surface area (Å²) in [5.41, 5.74) is 6.66. The number of hydrogen-bond donors (Lipinski definition) is 2. The van der Waals surface area contributed by atoms with E-state index < -0.39 is 6.04 Å². The Kier molecular flexibility index (Phi) is 4.54. The Morgan fingerprint density at radius 2 is 1.95 bits per heavy atom. The highest BCUT2D eigenvalue weighted by Gasteiger charge is 2.07. The van der Waals surface area contributed by atoms with Crippen molar-refractivity contribution in [3.63, 3.8) is 0 Å². The van der Waals surface area contributed by atoms with Crippen LogP contribution in [-0.4, -0.2) is 11.9 Å². The zero-order valence-electron chi connectivity index (χ0n) is 11.5. The molecule has 0 aliphatic carbocycles. The average Bonchev–Trinajstić information content (AvgIpc) is 2.49. The number of rotatable bonds is 4. The van der Waals surface area contributed by atoms with E-state index >= 15 is 0 Å². The van der Waals surface area contributed by atoms with E-state index in [-0.39, 0.29) is 5.91 Å². The SMILES string of the molecule is CC(N)C(=O)Nc1ccc(Oc2cccc(C#N)c2)cc1. The molecule has 5 nitrogen and oxygen atoms in total. The number of carbonyl (C=O) groups is 1. The number of nitriles is 1. The van der Waals surface area contributed by atoms with Crippen LogP contribution in [0.5, 0.6) is 11.5 Å². The lowest BCUT2D eigenvalue weighted by atomic mass is 10.2. The third kappa shape index (κ3) is 4.06. The van der Waals surface area contributed by atoms with Crippen LogP contribution >= 0.6 is 0 Å². The summed E-state index contributed by atoms with van der Waals surface area (Å²) in [5, 5.41) is 11.5. The summed E-state index contributed by atoms with van der Waals surface area (Å²) in [5.74, 6) is 0.954. The summed E-state index contributed by atoms with van der Waals surface area (Å²) >= 11 is 0. The number of ether oxygens (including phenoxy) is 1. The van der Waals surface area contributed by atoms with Gasteiger partial charge in [0.1, 0.15) is 11.5 Å². The minimum Gasteiger partial charge on any atom is -0.457 e. The van der Waals surface area contributed by atoms with Gasteiger partial charge in [0.25, 0.3) is 0 Å². The van der Waals surface area contributed by atoms with E-state index in [4.69, 9.17) is 15.7 Å². The summed E-state index contributed by atoms with van der Waals surface area (Å²) in [6, 6.07) is 15.3. The molecule has 0 radical (unpaired) electrons. The Bertz CT molecular complexity index is 673. The molecule has 21 heavy (non-hydrogen) atoms. The molecule has 0 saturated carbocycles. The molecule has 0 saturated heterocycles. The van der Waals surface area contributed by atoms with Gasteiger partial charge in [-0.05, 0) is 49.4 Å². The number of carbonyl (C=O) groups excluding carboxylic acids is 1. The van der Waals surface area contributed by atoms with Crippen molar-refractivity contribution in [3.05, 3.63) is 54.1 Å². The second-order valence-corrected chi connectivity index (χ2v) is 4.54. The van der Waals surface area contributed by atoms with Gasteiger partial charge in [-0.15, -0.1) is 0 Å². The van der Waals surface area contributed by atoms with Gasteiger partial charge in [0, 0.05) is 5.69 Å². The van der Waals surface area contributed by atoms with E-state index in [0.29, 0.717) is 22.7 Å². The fourth-order valence-electron chi connectivity index (χ4n) is 1.63. The highest BCUT2D eigenvalue weighted by Crippen LogP contribution is 2.23. The van der Waals surface area contributed by atoms with Gasteiger partial charge in [0.15, 0.2) is 0 Å². The lowest BCUT2D eigenvalue weighted by molar-refractivity contribution is -0.117. The molecule has 5 heteroatoms. The van der Waals surface area contributed by atoms with Crippen LogP contribution in [0.4, 0.5) is 5.69 Å². The smallest absolute Gasteiger partial charge is 0.240 e. The van der Waals surface area contributed by atoms with E-state index in [1.807, 2.05) is 0 Å². The minimum absolute atomic E-state index is 0.245. The Morgan fingerprint density at radius 3 is 2.57 bits per heavy atom. The van der Waals surface area contributed by atoms with Crippen LogP contribution in [-0.2, 0) is 4.79 Å². The van der Waals surface area contributed by atoms with E-state index in [1.165, 1.54) is 0 Å². The summed E-state index contributed by atoms with van der Waals surface area (Å²) in [6.07, 6.45) is 0. The zero-order chi connectivity index (χ0) is 15.2. The van der Waals surface area contributed by atoms with Gasteiger partial charge in [0.2, 0.25) is 5.91 Å². The van der Waals surface area contributed by atoms with Crippen molar-refractivity contribution >= 4 is 11.6 Å². The standard InChI is InChI=1S/C16H15N3O2/c1-11(18)16(20)19-13-5-7-14(8-6-13)21-15-4-2-3-12(9-15)10-17/h2-9,11H,18H2,1H3,(H,19,20). The van der Waals surface area contributed by atoms with Crippen molar-refractivity contribution in [2.75, 3.05) is 5.32 Å². The van der Waals surface area contributed by atoms with E-state index in [9.17, 15) is 4.79 Å². The molecular weight excluding hydrogens is 266 g/mol. The molecule has 1 unspecified atom stereocenters. The van der Waals surface area contributed by atoms with Crippen molar-refractivity contribution < 1.29 is 9.53 Å². The molecule has 106 valence electrons. The molecule has 2 aromatic carbocycles. The minimum atomic E-state index is -0.561. The van der Waals surface area contributed by atoms with Crippen molar-refractivity contribution in [1.29, 1.82) is 5.26 Å². The highest BCUT2D eigenvalue weighted by molar-refractivity contribution is 5.94. The number of amides is 1. The molecule has 0 heterocycles. The van der Waals surface area contributed by atoms with Crippen LogP contribution in [0.1, 0.15) is 12.5 Å². The molecule has 0 aromatic heterocycles. The number of nitrogens with zero attached hydrogens (tertiary/aromatic N) is 1. The number of benzene rings is 2. The fraction of sp³-hybridized carbons (Fsp3) is 0.125. The van der Waals surface area contributed by atoms with Crippen LogP contribution in [0, 0.1) is 11.3 Å². The largest absolute Gasteiger partial charge is 0.457 e. The zero-order valence-corrected chi connectivity index (χ0v) is 11.5. The van der Waals surface area contributed by atoms with Gasteiger partial charge < -0.3 is 15.8 Å². The quantitative estimate of drug-likeness (QED) is 0.901. The summed E-state index contributed by atoms with van der Waals surface area (Å²) in [7, 11) is 0. The molecule has 3 N–H and O–H groups in total. The highest BCUT2D eigenvalue weighted by atomic mass is 16.5. The Balaban J connectivity index is 2.05. The van der Waals surface area contributed by atoms with Gasteiger partial charge >= 0.3 is 0 Å². The van der Waals surface area contributed by atoms with Crippen LogP contribution in [0.3, 0.4) is 0 Å². The molecule has 1 atom stereocenters. The molecule has 0 aliphatic heterocycles. The average molecular weight is 281 g/mol. The third-order valence-corrected chi connectivity index (χ3v) is 2.73. The van der Waals surface area contributed by atoms with E-state index in [2.05, 4.69) is 11.4 Å². The summed E-state index contributed by atoms with van der Waals surface area (Å²) in [6.45, 7) is 1.62. The van der Waals surface area contributed by atoms with Gasteiger partial charge in [-0.25, -0.2) is 0 Å². The molecule has 0 bridgehead atoms. The van der Waals surface area contributed by atoms with Gasteiger partial charge in [-0.2, -0.15) is 5.26 Å². The predicted molar refractivity (Wildman–Crippen MR) is 80.0 cm³/mol. The van der Waals surface area contributed by atoms with Crippen LogP contribution in [0.25, 0.3) is 0 Å². The second kappa shape index (κ2) is 6.55. The second-order valence-electron chi connectivity index (χ2n) is 4.54. The fourth-order valence-corrected chi connectivity index (χ4v) is 1.63. The third-order valence-electron chi connectivity index (χ3n) is 2.73. The maximum absolute atomic E-state index is 11.5. The number of hydrogen-bond acceptors (Lipinski definition) is 4. The van der Waals surface area contributed by atoms with E-state index in [0.717, 1.165) is 0 Å². The van der Waals surface area contributed by atoms with Crippen LogP contribution in [0.2, 0.25) is 0 Å². The number of anilines is 1. The summed E-state index contributed by atoms with van der Waals surface area (Å²) in [4.78, 5) is 11.5. The topological polar surface area (TPSA) is 88.1 Å². The molecule has 2 aromatic rings. The Hall–Kier alpha value is -2.84. The molecule has 0 aliphatic rings. The van der Waals surface area contributed by atoms with Crippen LogP contribution in [0.15, 0.2) is 48.5 Å². The van der Waals surface area contributed by atoms with Gasteiger partial charge in [-0.3, -0.25) is 4.79 Å². The first-order chi connectivity index (χ1) is 10.1. The predicted octanol–water partition coefficient (Wildman–Crippen LogP) is 2.64. The maximum atomic E-state index is 11.5. The van der Waals surface area contributed by atoms with Gasteiger partial charge in [0.05, 0.1) is 17.7 Å². The Morgan fingerprint density at radius 1 is 1.24 bits per heavy atom. The lowest BCUT2D eigenvalue weighted by Gasteiger charge is -2.09. The first kappa shape index (κ1) is 14.6. The van der Waals surface area contributed by atoms with Gasteiger partial charge in [-0.1, -0.05) is 6.07 Å². The number of nitrogens with one attached hydrogen (secondary N) is 1. The normalized spacial score (nSPS) is 11.3. The maximum Gasteiger partial charge on any atom is 0.240 e. The first-order valence-corrected chi connectivity index (χ1v) is 6.43. The number of nitrogens with two attached hydrogens (primary N) is 1.